The first kappa shape index (κ1) is 10.8. The summed E-state index contributed by atoms with van der Waals surface area (Å²) in [5.41, 5.74) is 3.87. The Labute approximate surface area is 95.3 Å². The first-order valence-corrected chi connectivity index (χ1v) is 5.53. The Bertz CT molecular complexity index is 558. The molecule has 0 spiro atoms. The molecule has 2 heteroatoms. The van der Waals surface area contributed by atoms with Gasteiger partial charge < -0.3 is 0 Å². The molecule has 0 aliphatic rings. The molecule has 2 nitrogen and oxygen atoms in total. The highest BCUT2D eigenvalue weighted by molar-refractivity contribution is 5.95. The Balaban J connectivity index is 2.71. The van der Waals surface area contributed by atoms with Crippen molar-refractivity contribution in [3.63, 3.8) is 0 Å². The van der Waals surface area contributed by atoms with Gasteiger partial charge in [-0.3, -0.25) is 4.79 Å². The molecule has 0 saturated carbocycles. The van der Waals surface area contributed by atoms with Crippen LogP contribution in [0.15, 0.2) is 24.3 Å². The molecule has 1 aromatic carbocycles. The molecule has 0 saturated heterocycles. The number of ketones is 1. The van der Waals surface area contributed by atoms with E-state index in [0.29, 0.717) is 5.69 Å². The Morgan fingerprint density at radius 2 is 2.06 bits per heavy atom. The zero-order valence-corrected chi connectivity index (χ0v) is 9.87. The number of aromatic nitrogens is 1. The monoisotopic (exact) mass is 213 g/mol. The number of carbonyl (C=O) groups excluding carboxylic acids is 1. The topological polar surface area (TPSA) is 30.0 Å². The molecule has 2 rings (SSSR count). The second kappa shape index (κ2) is 4.05. The summed E-state index contributed by atoms with van der Waals surface area (Å²) >= 11 is 0. The zero-order chi connectivity index (χ0) is 11.7. The molecule has 0 fully saturated rings. The number of rotatable bonds is 2. The summed E-state index contributed by atoms with van der Waals surface area (Å²) < 4.78 is 0. The molecule has 1 heterocycles. The van der Waals surface area contributed by atoms with Crippen LogP contribution in [0.5, 0.6) is 0 Å². The summed E-state index contributed by atoms with van der Waals surface area (Å²) in [6.07, 6.45) is 1.02. The first-order valence-electron chi connectivity index (χ1n) is 5.53. The fraction of sp³-hybridized carbons (Fsp3) is 0.286. The van der Waals surface area contributed by atoms with Gasteiger partial charge in [0.25, 0.3) is 0 Å². The first-order chi connectivity index (χ1) is 7.61. The largest absolute Gasteiger partial charge is 0.293 e. The van der Waals surface area contributed by atoms with Gasteiger partial charge in [0.05, 0.1) is 5.52 Å². The van der Waals surface area contributed by atoms with Crippen LogP contribution in [0.25, 0.3) is 10.9 Å². The summed E-state index contributed by atoms with van der Waals surface area (Å²) in [6, 6.07) is 8.08. The van der Waals surface area contributed by atoms with E-state index in [1.165, 1.54) is 5.56 Å². The lowest BCUT2D eigenvalue weighted by Gasteiger charge is -2.06. The van der Waals surface area contributed by atoms with Crippen molar-refractivity contribution in [1.29, 1.82) is 0 Å². The molecule has 0 atom stereocenters. The van der Waals surface area contributed by atoms with Crippen LogP contribution in [0.3, 0.4) is 0 Å². The van der Waals surface area contributed by atoms with Crippen LogP contribution < -0.4 is 0 Å². The van der Waals surface area contributed by atoms with Crippen molar-refractivity contribution in [2.75, 3.05) is 0 Å². The highest BCUT2D eigenvalue weighted by atomic mass is 16.1. The summed E-state index contributed by atoms with van der Waals surface area (Å²) in [4.78, 5) is 15.7. The molecule has 0 amide bonds. The maximum Gasteiger partial charge on any atom is 0.178 e. The molecule has 0 aliphatic carbocycles. The number of aryl methyl sites for hydroxylation is 2. The third-order valence-corrected chi connectivity index (χ3v) is 2.85. The van der Waals surface area contributed by atoms with Gasteiger partial charge in [-0.15, -0.1) is 0 Å². The molecular weight excluding hydrogens is 198 g/mol. The smallest absolute Gasteiger partial charge is 0.178 e. The van der Waals surface area contributed by atoms with E-state index in [0.717, 1.165) is 22.9 Å². The van der Waals surface area contributed by atoms with Crippen molar-refractivity contribution < 1.29 is 4.79 Å². The molecule has 2 aromatic rings. The Kier molecular flexibility index (Phi) is 2.73. The van der Waals surface area contributed by atoms with Crippen LogP contribution in [0.4, 0.5) is 0 Å². The quantitative estimate of drug-likeness (QED) is 0.716. The summed E-state index contributed by atoms with van der Waals surface area (Å²) in [6.45, 7) is 5.71. The van der Waals surface area contributed by atoms with E-state index in [4.69, 9.17) is 0 Å². The highest BCUT2D eigenvalue weighted by Gasteiger charge is 2.06. The van der Waals surface area contributed by atoms with Crippen molar-refractivity contribution in [3.8, 4) is 0 Å². The molecule has 1 aromatic heterocycles. The molecular formula is C14H15NO. The average molecular weight is 213 g/mol. The van der Waals surface area contributed by atoms with Gasteiger partial charge in [-0.25, -0.2) is 4.98 Å². The standard InChI is InChI=1S/C14H15NO/c1-4-11-5-6-13-12(8-11)9(2)7-14(15-13)10(3)16/h5-8H,4H2,1-3H3. The second-order valence-electron chi connectivity index (χ2n) is 4.09. The van der Waals surface area contributed by atoms with Gasteiger partial charge in [-0.05, 0) is 42.7 Å². The van der Waals surface area contributed by atoms with Crippen LogP contribution in [0.2, 0.25) is 0 Å². The van der Waals surface area contributed by atoms with Crippen LogP contribution in [0.1, 0.15) is 35.5 Å². The van der Waals surface area contributed by atoms with Crippen molar-refractivity contribution in [2.24, 2.45) is 0 Å². The van der Waals surface area contributed by atoms with Gasteiger partial charge in [0.15, 0.2) is 5.78 Å². The third-order valence-electron chi connectivity index (χ3n) is 2.85. The predicted molar refractivity (Wildman–Crippen MR) is 65.9 cm³/mol. The molecule has 0 unspecified atom stereocenters. The van der Waals surface area contributed by atoms with E-state index >= 15 is 0 Å². The van der Waals surface area contributed by atoms with Crippen molar-refractivity contribution in [1.82, 2.24) is 4.98 Å². The normalized spacial score (nSPS) is 10.7. The Morgan fingerprint density at radius 3 is 2.69 bits per heavy atom. The fourth-order valence-electron chi connectivity index (χ4n) is 1.84. The molecule has 0 bridgehead atoms. The van der Waals surface area contributed by atoms with E-state index in [1.807, 2.05) is 19.1 Å². The number of carbonyl (C=O) groups is 1. The SMILES string of the molecule is CCc1ccc2nc(C(C)=O)cc(C)c2c1. The average Bonchev–Trinajstić information content (AvgIpc) is 2.28. The summed E-state index contributed by atoms with van der Waals surface area (Å²) in [5, 5.41) is 1.14. The summed E-state index contributed by atoms with van der Waals surface area (Å²) in [5.74, 6) is 0.0181. The number of pyridine rings is 1. The second-order valence-corrected chi connectivity index (χ2v) is 4.09. The van der Waals surface area contributed by atoms with E-state index in [9.17, 15) is 4.79 Å². The lowest BCUT2D eigenvalue weighted by Crippen LogP contribution is -1.98. The zero-order valence-electron chi connectivity index (χ0n) is 9.87. The van der Waals surface area contributed by atoms with Crippen molar-refractivity contribution in [2.45, 2.75) is 27.2 Å². The molecule has 0 N–H and O–H groups in total. The fourth-order valence-corrected chi connectivity index (χ4v) is 1.84. The Hall–Kier alpha value is -1.70. The van der Waals surface area contributed by atoms with Gasteiger partial charge in [0.2, 0.25) is 0 Å². The maximum atomic E-state index is 11.3. The van der Waals surface area contributed by atoms with Gasteiger partial charge in [0, 0.05) is 12.3 Å². The lowest BCUT2D eigenvalue weighted by atomic mass is 10.0. The summed E-state index contributed by atoms with van der Waals surface area (Å²) in [7, 11) is 0. The van der Waals surface area contributed by atoms with Crippen LogP contribution in [-0.4, -0.2) is 10.8 Å². The van der Waals surface area contributed by atoms with Crippen molar-refractivity contribution in [3.05, 3.63) is 41.1 Å². The highest BCUT2D eigenvalue weighted by Crippen LogP contribution is 2.20. The predicted octanol–water partition coefficient (Wildman–Crippen LogP) is 3.31. The molecule has 16 heavy (non-hydrogen) atoms. The van der Waals surface area contributed by atoms with Gasteiger partial charge in [0.1, 0.15) is 5.69 Å². The molecule has 82 valence electrons. The number of nitrogens with zero attached hydrogens (tertiary/aromatic N) is 1. The van der Waals surface area contributed by atoms with Gasteiger partial charge >= 0.3 is 0 Å². The van der Waals surface area contributed by atoms with Crippen LogP contribution in [-0.2, 0) is 6.42 Å². The Morgan fingerprint density at radius 1 is 1.31 bits per heavy atom. The van der Waals surface area contributed by atoms with E-state index in [1.54, 1.807) is 6.92 Å². The minimum absolute atomic E-state index is 0.0181. The van der Waals surface area contributed by atoms with E-state index in [2.05, 4.69) is 24.0 Å². The minimum Gasteiger partial charge on any atom is -0.293 e. The van der Waals surface area contributed by atoms with Crippen molar-refractivity contribution >= 4 is 16.7 Å². The van der Waals surface area contributed by atoms with Crippen LogP contribution in [0, 0.1) is 6.92 Å². The third kappa shape index (κ3) is 1.83. The number of hydrogen-bond donors (Lipinski definition) is 0. The van der Waals surface area contributed by atoms with Crippen LogP contribution >= 0.6 is 0 Å². The van der Waals surface area contributed by atoms with E-state index in [-0.39, 0.29) is 5.78 Å². The number of benzene rings is 1. The number of fused-ring (bicyclic) bond motifs is 1. The van der Waals surface area contributed by atoms with Gasteiger partial charge in [-0.2, -0.15) is 0 Å². The molecule has 0 aliphatic heterocycles. The number of hydrogen-bond acceptors (Lipinski definition) is 2. The molecule has 0 radical (unpaired) electrons. The van der Waals surface area contributed by atoms with E-state index < -0.39 is 0 Å². The minimum atomic E-state index is 0.0181. The van der Waals surface area contributed by atoms with Gasteiger partial charge in [-0.1, -0.05) is 13.0 Å². The number of Topliss-reactive ketones (excluding diaryl/α,β-unsaturated/α-hetero) is 1. The maximum absolute atomic E-state index is 11.3. The lowest BCUT2D eigenvalue weighted by molar-refractivity contribution is 0.101.